The summed E-state index contributed by atoms with van der Waals surface area (Å²) in [5.74, 6) is -0.262. The van der Waals surface area contributed by atoms with Crippen LogP contribution in [-0.4, -0.2) is 32.7 Å². The molecule has 152 valence electrons. The summed E-state index contributed by atoms with van der Waals surface area (Å²) in [6.45, 7) is 5.55. The molecule has 2 rings (SSSR count). The topological polar surface area (TPSA) is 75.7 Å². The highest BCUT2D eigenvalue weighted by atomic mass is 32.2. The SMILES string of the molecule is CC(C)Oc1cccc(CNC(=O)[C@H](C)N(c2ccc(F)cc2)S(C)(=O)=O)c1. The summed E-state index contributed by atoms with van der Waals surface area (Å²) in [7, 11) is -3.75. The van der Waals surface area contributed by atoms with Gasteiger partial charge in [-0.15, -0.1) is 0 Å². The highest BCUT2D eigenvalue weighted by molar-refractivity contribution is 7.92. The molecule has 2 aromatic carbocycles. The monoisotopic (exact) mass is 408 g/mol. The number of halogens is 1. The van der Waals surface area contributed by atoms with Crippen molar-refractivity contribution in [2.75, 3.05) is 10.6 Å². The molecule has 8 heteroatoms. The van der Waals surface area contributed by atoms with Crippen LogP contribution in [0.3, 0.4) is 0 Å². The number of carbonyl (C=O) groups is 1. The van der Waals surface area contributed by atoms with E-state index in [0.29, 0.717) is 5.75 Å². The molecule has 0 spiro atoms. The lowest BCUT2D eigenvalue weighted by Gasteiger charge is -2.28. The van der Waals surface area contributed by atoms with Crippen LogP contribution in [-0.2, 0) is 21.4 Å². The highest BCUT2D eigenvalue weighted by Gasteiger charge is 2.29. The number of ether oxygens (including phenoxy) is 1. The van der Waals surface area contributed by atoms with Crippen molar-refractivity contribution in [1.29, 1.82) is 0 Å². The van der Waals surface area contributed by atoms with Crippen LogP contribution in [0.25, 0.3) is 0 Å². The molecule has 28 heavy (non-hydrogen) atoms. The fraction of sp³-hybridized carbons (Fsp3) is 0.350. The molecule has 0 aliphatic carbocycles. The zero-order valence-corrected chi connectivity index (χ0v) is 17.2. The van der Waals surface area contributed by atoms with E-state index < -0.39 is 27.8 Å². The lowest BCUT2D eigenvalue weighted by atomic mass is 10.2. The van der Waals surface area contributed by atoms with Gasteiger partial charge in [0.25, 0.3) is 0 Å². The van der Waals surface area contributed by atoms with Gasteiger partial charge < -0.3 is 10.1 Å². The van der Waals surface area contributed by atoms with E-state index in [1.165, 1.54) is 19.1 Å². The van der Waals surface area contributed by atoms with E-state index in [1.807, 2.05) is 38.1 Å². The summed E-state index contributed by atoms with van der Waals surface area (Å²) >= 11 is 0. The van der Waals surface area contributed by atoms with Crippen molar-refractivity contribution in [3.8, 4) is 5.75 Å². The molecular formula is C20H25FN2O4S. The Balaban J connectivity index is 2.12. The van der Waals surface area contributed by atoms with Crippen LogP contribution in [0.1, 0.15) is 26.3 Å². The number of carbonyl (C=O) groups excluding carboxylic acids is 1. The Kier molecular flexibility index (Phi) is 7.01. The van der Waals surface area contributed by atoms with Crippen LogP contribution in [0.15, 0.2) is 48.5 Å². The first-order valence-corrected chi connectivity index (χ1v) is 10.7. The first-order valence-electron chi connectivity index (χ1n) is 8.86. The van der Waals surface area contributed by atoms with Crippen LogP contribution in [0.2, 0.25) is 0 Å². The Morgan fingerprint density at radius 1 is 1.14 bits per heavy atom. The molecule has 0 heterocycles. The molecule has 0 aliphatic rings. The van der Waals surface area contributed by atoms with E-state index in [0.717, 1.165) is 28.3 Å². The summed E-state index contributed by atoms with van der Waals surface area (Å²) < 4.78 is 44.2. The molecule has 1 amide bonds. The van der Waals surface area contributed by atoms with E-state index in [9.17, 15) is 17.6 Å². The third-order valence-corrected chi connectivity index (χ3v) is 5.15. The average molecular weight is 408 g/mol. The second-order valence-electron chi connectivity index (χ2n) is 6.74. The van der Waals surface area contributed by atoms with Gasteiger partial charge in [-0.25, -0.2) is 12.8 Å². The standard InChI is InChI=1S/C20H25FN2O4S/c1-14(2)27-19-7-5-6-16(12-19)13-22-20(24)15(3)23(28(4,25)26)18-10-8-17(21)9-11-18/h5-12,14-15H,13H2,1-4H3,(H,22,24)/t15-/m0/s1. The minimum atomic E-state index is -3.75. The van der Waals surface area contributed by atoms with Crippen LogP contribution < -0.4 is 14.4 Å². The number of nitrogens with one attached hydrogen (secondary N) is 1. The molecule has 0 saturated heterocycles. The van der Waals surface area contributed by atoms with Crippen molar-refractivity contribution in [2.45, 2.75) is 39.5 Å². The van der Waals surface area contributed by atoms with Crippen molar-refractivity contribution in [1.82, 2.24) is 5.32 Å². The minimum Gasteiger partial charge on any atom is -0.491 e. The number of sulfonamides is 1. The lowest BCUT2D eigenvalue weighted by molar-refractivity contribution is -0.122. The van der Waals surface area contributed by atoms with E-state index >= 15 is 0 Å². The van der Waals surface area contributed by atoms with Gasteiger partial charge >= 0.3 is 0 Å². The summed E-state index contributed by atoms with van der Waals surface area (Å²) in [5.41, 5.74) is 1.05. The Hall–Kier alpha value is -2.61. The second-order valence-corrected chi connectivity index (χ2v) is 8.60. The molecule has 0 aliphatic heterocycles. The van der Waals surface area contributed by atoms with Crippen molar-refractivity contribution < 1.29 is 22.3 Å². The largest absolute Gasteiger partial charge is 0.491 e. The smallest absolute Gasteiger partial charge is 0.243 e. The third kappa shape index (κ3) is 5.95. The molecule has 1 N–H and O–H groups in total. The number of nitrogens with zero attached hydrogens (tertiary/aromatic N) is 1. The fourth-order valence-electron chi connectivity index (χ4n) is 2.73. The first kappa shape index (κ1) is 21.7. The number of rotatable bonds is 8. The molecular weight excluding hydrogens is 383 g/mol. The number of anilines is 1. The van der Waals surface area contributed by atoms with Gasteiger partial charge in [0.05, 0.1) is 18.0 Å². The molecule has 0 unspecified atom stereocenters. The normalized spacial score (nSPS) is 12.5. The lowest BCUT2D eigenvalue weighted by Crippen LogP contribution is -2.47. The van der Waals surface area contributed by atoms with Gasteiger partial charge in [-0.2, -0.15) is 0 Å². The predicted octanol–water partition coefficient (Wildman–Crippen LogP) is 3.08. The molecule has 1 atom stereocenters. The van der Waals surface area contributed by atoms with Crippen molar-refractivity contribution >= 4 is 21.6 Å². The zero-order chi connectivity index (χ0) is 20.9. The average Bonchev–Trinajstić information content (AvgIpc) is 2.60. The number of amides is 1. The highest BCUT2D eigenvalue weighted by Crippen LogP contribution is 2.21. The maximum absolute atomic E-state index is 13.2. The van der Waals surface area contributed by atoms with E-state index in [1.54, 1.807) is 0 Å². The molecule has 0 fully saturated rings. The second kappa shape index (κ2) is 9.05. The van der Waals surface area contributed by atoms with Crippen molar-refractivity contribution in [2.24, 2.45) is 0 Å². The molecule has 0 saturated carbocycles. The van der Waals surface area contributed by atoms with Crippen LogP contribution in [0, 0.1) is 5.82 Å². The number of hydrogen-bond acceptors (Lipinski definition) is 4. The first-order chi connectivity index (χ1) is 13.1. The van der Waals surface area contributed by atoms with E-state index in [4.69, 9.17) is 4.74 Å². The summed E-state index contributed by atoms with van der Waals surface area (Å²) in [6, 6.07) is 11.3. The molecule has 0 radical (unpaired) electrons. The molecule has 2 aromatic rings. The van der Waals surface area contributed by atoms with Crippen molar-refractivity contribution in [3.05, 3.63) is 59.9 Å². The van der Waals surface area contributed by atoms with Gasteiger partial charge in [-0.1, -0.05) is 12.1 Å². The fourth-order valence-corrected chi connectivity index (χ4v) is 3.91. The summed E-state index contributed by atoms with van der Waals surface area (Å²) in [5, 5.41) is 2.74. The zero-order valence-electron chi connectivity index (χ0n) is 16.3. The van der Waals surface area contributed by atoms with Crippen LogP contribution in [0.5, 0.6) is 5.75 Å². The summed E-state index contributed by atoms with van der Waals surface area (Å²) in [6.07, 6.45) is 1.04. The predicted molar refractivity (Wildman–Crippen MR) is 107 cm³/mol. The molecule has 0 aromatic heterocycles. The van der Waals surface area contributed by atoms with Gasteiger partial charge in [-0.05, 0) is 62.7 Å². The van der Waals surface area contributed by atoms with E-state index in [-0.39, 0.29) is 18.3 Å². The van der Waals surface area contributed by atoms with Gasteiger partial charge in [-0.3, -0.25) is 9.10 Å². The summed E-state index contributed by atoms with van der Waals surface area (Å²) in [4.78, 5) is 12.6. The maximum atomic E-state index is 13.2. The third-order valence-electron chi connectivity index (χ3n) is 3.91. The van der Waals surface area contributed by atoms with Crippen LogP contribution >= 0.6 is 0 Å². The minimum absolute atomic E-state index is 0.0314. The van der Waals surface area contributed by atoms with Crippen molar-refractivity contribution in [3.63, 3.8) is 0 Å². The van der Waals surface area contributed by atoms with Gasteiger partial charge in [0, 0.05) is 6.54 Å². The molecule has 6 nitrogen and oxygen atoms in total. The maximum Gasteiger partial charge on any atom is 0.243 e. The number of hydrogen-bond donors (Lipinski definition) is 1. The van der Waals surface area contributed by atoms with Gasteiger partial charge in [0.2, 0.25) is 15.9 Å². The van der Waals surface area contributed by atoms with Gasteiger partial charge in [0.1, 0.15) is 17.6 Å². The Morgan fingerprint density at radius 2 is 1.79 bits per heavy atom. The molecule has 0 bridgehead atoms. The Labute approximate surface area is 165 Å². The quantitative estimate of drug-likeness (QED) is 0.728. The number of benzene rings is 2. The Morgan fingerprint density at radius 3 is 2.36 bits per heavy atom. The van der Waals surface area contributed by atoms with Crippen LogP contribution in [0.4, 0.5) is 10.1 Å². The van der Waals surface area contributed by atoms with Gasteiger partial charge in [0.15, 0.2) is 0 Å². The Bertz CT molecular complexity index is 914. The van der Waals surface area contributed by atoms with E-state index in [2.05, 4.69) is 5.32 Å².